The van der Waals surface area contributed by atoms with Crippen LogP contribution in [0.5, 0.6) is 0 Å². The largest absolute Gasteiger partial charge is 0.456 e. The Labute approximate surface area is 283 Å². The first kappa shape index (κ1) is 11.2. The summed E-state index contributed by atoms with van der Waals surface area (Å²) < 4.78 is 203. The molecule has 9 rings (SSSR count). The van der Waals surface area contributed by atoms with Crippen LogP contribution < -0.4 is 0 Å². The first-order chi connectivity index (χ1) is 30.9. The number of hydrogen-bond acceptors (Lipinski definition) is 5. The molecule has 0 amide bonds. The molecule has 44 heavy (non-hydrogen) atoms. The van der Waals surface area contributed by atoms with Gasteiger partial charge in [-0.3, -0.25) is 0 Å². The minimum Gasteiger partial charge on any atom is -0.456 e. The van der Waals surface area contributed by atoms with Crippen molar-refractivity contribution in [3.8, 4) is 45.3 Å². The molecule has 6 aromatic carbocycles. The van der Waals surface area contributed by atoms with Gasteiger partial charge in [0, 0.05) is 38.2 Å². The molecule has 0 aliphatic carbocycles. The van der Waals surface area contributed by atoms with Crippen LogP contribution in [0.3, 0.4) is 0 Å². The van der Waals surface area contributed by atoms with E-state index < -0.39 is 201 Å². The summed E-state index contributed by atoms with van der Waals surface area (Å²) in [5, 5.41) is -1.48. The predicted octanol–water partition coefficient (Wildman–Crippen LogP) is 10.3. The normalized spacial score (nSPS) is 18.6. The van der Waals surface area contributed by atoms with Crippen molar-refractivity contribution in [1.29, 1.82) is 0 Å². The predicted molar refractivity (Wildman–Crippen MR) is 176 cm³/mol. The van der Waals surface area contributed by atoms with Gasteiger partial charge in [0.1, 0.15) is 22.3 Å². The van der Waals surface area contributed by atoms with Gasteiger partial charge in [0.15, 0.2) is 17.5 Å². The van der Waals surface area contributed by atoms with Crippen molar-refractivity contribution in [3.63, 3.8) is 0 Å². The van der Waals surface area contributed by atoms with E-state index in [0.29, 0.717) is 0 Å². The van der Waals surface area contributed by atoms with Crippen LogP contribution >= 0.6 is 0 Å². The molecule has 0 N–H and O–H groups in total. The molecule has 9 aromatic rings. The minimum absolute atomic E-state index is 0.365. The summed E-state index contributed by atoms with van der Waals surface area (Å²) in [4.78, 5) is 13.1. The van der Waals surface area contributed by atoms with Crippen LogP contribution in [0.2, 0.25) is 0 Å². The Morgan fingerprint density at radius 2 is 0.864 bits per heavy atom. The Morgan fingerprint density at radius 1 is 0.386 bits per heavy atom. The molecule has 3 heterocycles. The fourth-order valence-electron chi connectivity index (χ4n) is 4.73. The van der Waals surface area contributed by atoms with E-state index in [2.05, 4.69) is 15.0 Å². The van der Waals surface area contributed by atoms with E-state index in [1.165, 1.54) is 0 Å². The number of aromatic nitrogens is 3. The van der Waals surface area contributed by atoms with Crippen molar-refractivity contribution in [1.82, 2.24) is 15.0 Å². The first-order valence-corrected chi connectivity index (χ1v) is 12.7. The zero-order chi connectivity index (χ0) is 48.2. The van der Waals surface area contributed by atoms with Gasteiger partial charge in [-0.25, -0.2) is 15.0 Å². The highest BCUT2D eigenvalue weighted by atomic mass is 16.3. The molecule has 0 bridgehead atoms. The second-order valence-electron chi connectivity index (χ2n) is 9.13. The Bertz CT molecular complexity index is 3700. The second-order valence-corrected chi connectivity index (χ2v) is 9.13. The van der Waals surface area contributed by atoms with Gasteiger partial charge in [-0.2, -0.15) is 0 Å². The van der Waals surface area contributed by atoms with Gasteiger partial charge < -0.3 is 8.83 Å². The summed E-state index contributed by atoms with van der Waals surface area (Å²) in [5.41, 5.74) is -5.04. The summed E-state index contributed by atoms with van der Waals surface area (Å²) >= 11 is 0. The standard InChI is InChI=1S/C39H23N3O2/c1-2-10-25(11-3-1)37-40-38(42-39(41-37)30-15-9-19-34-36(30)29-13-5-7-17-32(29)44-34)26-22-20-24(21-23-26)27-14-8-18-33-35(27)28-12-4-6-16-31(28)43-33/h1-23H/i2D,3D,4D,5D,6D,7D,8D,9D,10D,11D,12D,13D,14D,15D,16D,17D,18D,19D,20D,21D,22D,23D. The lowest BCUT2D eigenvalue weighted by molar-refractivity contribution is 0.668. The topological polar surface area (TPSA) is 65.0 Å². The maximum absolute atomic E-state index is 9.31. The van der Waals surface area contributed by atoms with Gasteiger partial charge in [-0.05, 0) is 35.3 Å². The molecule has 0 aliphatic heterocycles. The smallest absolute Gasteiger partial charge is 0.164 e. The lowest BCUT2D eigenvalue weighted by Gasteiger charge is -2.10. The van der Waals surface area contributed by atoms with Gasteiger partial charge in [-0.1, -0.05) is 115 Å². The number of rotatable bonds is 4. The summed E-state index contributed by atoms with van der Waals surface area (Å²) in [6, 6.07) is -15.7. The third-order valence-electron chi connectivity index (χ3n) is 6.62. The molecule has 0 unspecified atom stereocenters. The molecule has 0 radical (unpaired) electrons. The van der Waals surface area contributed by atoms with E-state index in [0.717, 1.165) is 6.07 Å². The van der Waals surface area contributed by atoms with Crippen LogP contribution in [0.25, 0.3) is 89.2 Å². The number of hydrogen-bond donors (Lipinski definition) is 0. The van der Waals surface area contributed by atoms with Gasteiger partial charge in [0.2, 0.25) is 0 Å². The van der Waals surface area contributed by atoms with Crippen molar-refractivity contribution < 1.29 is 39.0 Å². The maximum Gasteiger partial charge on any atom is 0.164 e. The Morgan fingerprint density at radius 3 is 1.50 bits per heavy atom. The number of fused-ring (bicyclic) bond motifs is 6. The zero-order valence-electron chi connectivity index (χ0n) is 43.7. The lowest BCUT2D eigenvalue weighted by Crippen LogP contribution is -2.00. The van der Waals surface area contributed by atoms with Crippen LogP contribution in [-0.2, 0) is 0 Å². The van der Waals surface area contributed by atoms with Gasteiger partial charge in [0.25, 0.3) is 0 Å². The Kier molecular flexibility index (Phi) is 2.48. The molecular weight excluding hydrogens is 542 g/mol. The average Bonchev–Trinajstić information content (AvgIpc) is 3.88. The van der Waals surface area contributed by atoms with E-state index in [1.807, 2.05) is 0 Å². The molecule has 5 heteroatoms. The summed E-state index contributed by atoms with van der Waals surface area (Å²) in [7, 11) is 0. The highest BCUT2D eigenvalue weighted by molar-refractivity contribution is 6.13. The van der Waals surface area contributed by atoms with Gasteiger partial charge in [-0.15, -0.1) is 0 Å². The Hall–Kier alpha value is -6.07. The summed E-state index contributed by atoms with van der Waals surface area (Å²) in [6.45, 7) is 0. The summed E-state index contributed by atoms with van der Waals surface area (Å²) in [5.74, 6) is -2.17. The molecule has 0 fully saturated rings. The monoisotopic (exact) mass is 587 g/mol. The highest BCUT2D eigenvalue weighted by Gasteiger charge is 2.18. The van der Waals surface area contributed by atoms with Crippen LogP contribution in [-0.4, -0.2) is 15.0 Å². The highest BCUT2D eigenvalue weighted by Crippen LogP contribution is 2.38. The van der Waals surface area contributed by atoms with Crippen molar-refractivity contribution in [2.24, 2.45) is 0 Å². The molecule has 0 saturated carbocycles. The van der Waals surface area contributed by atoms with Crippen LogP contribution in [0.15, 0.2) is 148 Å². The lowest BCUT2D eigenvalue weighted by atomic mass is 9.98. The van der Waals surface area contributed by atoms with Crippen molar-refractivity contribution in [3.05, 3.63) is 139 Å². The van der Waals surface area contributed by atoms with E-state index in [4.69, 9.17) is 33.5 Å². The molecule has 206 valence electrons. The molecular formula is C39H23N3O2. The first-order valence-electron chi connectivity index (χ1n) is 23.7. The third-order valence-corrected chi connectivity index (χ3v) is 6.62. The molecule has 0 spiro atoms. The van der Waals surface area contributed by atoms with E-state index in [1.54, 1.807) is 0 Å². The SMILES string of the molecule is [2H]c1cc([2H])c([2H])c(-c2nc(-c3c([2H])c([2H])c(-c4c([2H])c([2H])c([2H])c5oc6c([2H])c([2H])c([2H])c([2H])c6c45)c([2H])c3[2H])nc(-c3c([2H])c([2H])c([2H])c4oc5c([2H])c([2H])c([2H])c([2H])c5c34)n2)c1[2H]. The Balaban J connectivity index is 1.43. The van der Waals surface area contributed by atoms with E-state index >= 15 is 0 Å². The van der Waals surface area contributed by atoms with Crippen LogP contribution in [0.1, 0.15) is 30.2 Å². The van der Waals surface area contributed by atoms with Crippen molar-refractivity contribution in [2.45, 2.75) is 0 Å². The molecule has 0 saturated heterocycles. The van der Waals surface area contributed by atoms with E-state index in [9.17, 15) is 5.48 Å². The summed E-state index contributed by atoms with van der Waals surface area (Å²) in [6.07, 6.45) is 0. The molecule has 3 aromatic heterocycles. The van der Waals surface area contributed by atoms with Gasteiger partial charge in [0.05, 0.1) is 30.2 Å². The second kappa shape index (κ2) is 9.75. The number of benzene rings is 6. The van der Waals surface area contributed by atoms with Crippen LogP contribution in [0, 0.1) is 0 Å². The van der Waals surface area contributed by atoms with E-state index in [-0.39, 0.29) is 21.5 Å². The number of furan rings is 2. The van der Waals surface area contributed by atoms with Gasteiger partial charge >= 0.3 is 0 Å². The third kappa shape index (κ3) is 3.91. The molecule has 5 nitrogen and oxygen atoms in total. The zero-order valence-corrected chi connectivity index (χ0v) is 21.7. The average molecular weight is 588 g/mol. The number of para-hydroxylation sites is 2. The fraction of sp³-hybridized carbons (Fsp3) is 0. The molecule has 0 atom stereocenters. The minimum atomic E-state index is -0.952. The van der Waals surface area contributed by atoms with Crippen molar-refractivity contribution in [2.75, 3.05) is 0 Å². The molecule has 0 aliphatic rings. The maximum atomic E-state index is 9.31. The van der Waals surface area contributed by atoms with Crippen LogP contribution in [0.4, 0.5) is 0 Å². The number of nitrogens with zero attached hydrogens (tertiary/aromatic N) is 3. The fourth-order valence-corrected chi connectivity index (χ4v) is 4.73. The van der Waals surface area contributed by atoms with Crippen molar-refractivity contribution >= 4 is 43.9 Å². The quantitative estimate of drug-likeness (QED) is 0.205.